The molecule has 1 aromatic carbocycles. The number of nitrogens with zero attached hydrogens (tertiary/aromatic N) is 2. The van der Waals surface area contributed by atoms with E-state index in [1.807, 2.05) is 0 Å². The summed E-state index contributed by atoms with van der Waals surface area (Å²) in [5, 5.41) is 13.1. The van der Waals surface area contributed by atoms with Crippen LogP contribution in [0.2, 0.25) is 0 Å². The first-order valence-electron chi connectivity index (χ1n) is 11.5. The lowest BCUT2D eigenvalue weighted by molar-refractivity contribution is 0.0451. The summed E-state index contributed by atoms with van der Waals surface area (Å²) < 4.78 is 16.1. The van der Waals surface area contributed by atoms with Gasteiger partial charge in [0.15, 0.2) is 0 Å². The smallest absolute Gasteiger partial charge is 0.326 e. The van der Waals surface area contributed by atoms with Crippen molar-refractivity contribution >= 4 is 16.9 Å². The van der Waals surface area contributed by atoms with Crippen LogP contribution in [0.5, 0.6) is 0 Å². The highest BCUT2D eigenvalue weighted by Crippen LogP contribution is 2.29. The summed E-state index contributed by atoms with van der Waals surface area (Å²) >= 11 is 0. The number of piperidine rings is 1. The average molecular weight is 433 g/mol. The molecule has 1 aromatic heterocycles. The molecule has 3 N–H and O–H groups in total. The highest BCUT2D eigenvalue weighted by Gasteiger charge is 2.28. The van der Waals surface area contributed by atoms with E-state index in [1.54, 1.807) is 4.57 Å². The summed E-state index contributed by atoms with van der Waals surface area (Å²) in [6.45, 7) is 2.28. The number of hydrogen-bond acceptors (Lipinski definition) is 4. The van der Waals surface area contributed by atoms with Crippen LogP contribution in [0.1, 0.15) is 67.8 Å². The zero-order valence-corrected chi connectivity index (χ0v) is 18.2. The summed E-state index contributed by atoms with van der Waals surface area (Å²) in [6, 6.07) is 2.65. The Bertz CT molecular complexity index is 969. The van der Waals surface area contributed by atoms with Gasteiger partial charge < -0.3 is 20.3 Å². The summed E-state index contributed by atoms with van der Waals surface area (Å²) in [5.41, 5.74) is 0.606. The van der Waals surface area contributed by atoms with Gasteiger partial charge in [-0.05, 0) is 37.7 Å². The van der Waals surface area contributed by atoms with Gasteiger partial charge in [-0.25, -0.2) is 9.18 Å². The van der Waals surface area contributed by atoms with E-state index >= 15 is 0 Å². The highest BCUT2D eigenvalue weighted by atomic mass is 19.1. The average Bonchev–Trinajstić information content (AvgIpc) is 2.93. The number of aliphatic hydroxyl groups is 1. The van der Waals surface area contributed by atoms with Gasteiger partial charge >= 0.3 is 5.69 Å². The SMILES string of the molecule is CNC(=O)c1cc2[nH]c(=O)n(C3CCN(CC(O)C4CCCCCC4)CC3)c2cc1F. The summed E-state index contributed by atoms with van der Waals surface area (Å²) in [5.74, 6) is -0.758. The third kappa shape index (κ3) is 4.70. The number of carbonyl (C=O) groups excluding carboxylic acids is 1. The molecule has 1 atom stereocenters. The first kappa shape index (κ1) is 22.0. The zero-order valence-electron chi connectivity index (χ0n) is 18.2. The monoisotopic (exact) mass is 432 g/mol. The summed E-state index contributed by atoms with van der Waals surface area (Å²) in [4.78, 5) is 29.5. The van der Waals surface area contributed by atoms with Gasteiger partial charge in [-0.1, -0.05) is 25.7 Å². The second-order valence-electron chi connectivity index (χ2n) is 9.08. The lowest BCUT2D eigenvalue weighted by atomic mass is 9.93. The maximum Gasteiger partial charge on any atom is 0.326 e. The van der Waals surface area contributed by atoms with Crippen LogP contribution in [0.4, 0.5) is 4.39 Å². The molecule has 170 valence electrons. The number of aromatic nitrogens is 2. The third-order valence-electron chi connectivity index (χ3n) is 7.09. The van der Waals surface area contributed by atoms with Gasteiger partial charge in [0.05, 0.1) is 22.7 Å². The predicted molar refractivity (Wildman–Crippen MR) is 118 cm³/mol. The van der Waals surface area contributed by atoms with Crippen molar-refractivity contribution < 1.29 is 14.3 Å². The third-order valence-corrected chi connectivity index (χ3v) is 7.09. The predicted octanol–water partition coefficient (Wildman–Crippen LogP) is 2.80. The quantitative estimate of drug-likeness (QED) is 0.634. The van der Waals surface area contributed by atoms with Crippen molar-refractivity contribution in [3.05, 3.63) is 34.0 Å². The number of rotatable bonds is 5. The Morgan fingerprint density at radius 3 is 2.52 bits per heavy atom. The number of likely N-dealkylation sites (tertiary alicyclic amines) is 1. The molecule has 1 aliphatic heterocycles. The fourth-order valence-electron chi connectivity index (χ4n) is 5.29. The van der Waals surface area contributed by atoms with Crippen LogP contribution in [0, 0.1) is 11.7 Å². The molecular weight excluding hydrogens is 399 g/mol. The number of carbonyl (C=O) groups is 1. The highest BCUT2D eigenvalue weighted by molar-refractivity contribution is 5.97. The van der Waals surface area contributed by atoms with Crippen LogP contribution in [0.15, 0.2) is 16.9 Å². The number of hydrogen-bond donors (Lipinski definition) is 3. The maximum atomic E-state index is 14.5. The first-order chi connectivity index (χ1) is 15.0. The fourth-order valence-corrected chi connectivity index (χ4v) is 5.29. The van der Waals surface area contributed by atoms with Crippen LogP contribution in [-0.4, -0.2) is 58.3 Å². The van der Waals surface area contributed by atoms with E-state index in [-0.39, 0.29) is 23.4 Å². The van der Waals surface area contributed by atoms with Crippen LogP contribution < -0.4 is 11.0 Å². The van der Waals surface area contributed by atoms with E-state index in [1.165, 1.54) is 44.9 Å². The molecule has 1 unspecified atom stereocenters. The molecule has 7 nitrogen and oxygen atoms in total. The Morgan fingerprint density at radius 1 is 1.19 bits per heavy atom. The normalized spacial score (nSPS) is 20.6. The van der Waals surface area contributed by atoms with Crippen molar-refractivity contribution in [3.63, 3.8) is 0 Å². The molecular formula is C23H33FN4O3. The minimum absolute atomic E-state index is 0.0298. The summed E-state index contributed by atoms with van der Waals surface area (Å²) in [7, 11) is 1.44. The van der Waals surface area contributed by atoms with Crippen LogP contribution >= 0.6 is 0 Å². The van der Waals surface area contributed by atoms with Gasteiger partial charge in [0.2, 0.25) is 0 Å². The Morgan fingerprint density at radius 2 is 1.87 bits per heavy atom. The summed E-state index contributed by atoms with van der Waals surface area (Å²) in [6.07, 6.45) is 8.46. The molecule has 4 rings (SSSR count). The lowest BCUT2D eigenvalue weighted by Crippen LogP contribution is -2.42. The number of imidazole rings is 1. The molecule has 0 bridgehead atoms. The maximum absolute atomic E-state index is 14.5. The number of fused-ring (bicyclic) bond motifs is 1. The van der Waals surface area contributed by atoms with E-state index in [9.17, 15) is 19.1 Å². The molecule has 2 aromatic rings. The standard InChI is InChI=1S/C23H33FN4O3/c1-25-22(30)17-12-19-20(13-18(17)24)28(23(31)26-19)16-8-10-27(11-9-16)14-21(29)15-6-4-2-3-5-7-15/h12-13,15-16,21,29H,2-11,14H2,1H3,(H,25,30)(H,26,31). The minimum Gasteiger partial charge on any atom is -0.392 e. The van der Waals surface area contributed by atoms with E-state index < -0.39 is 11.7 Å². The molecule has 31 heavy (non-hydrogen) atoms. The van der Waals surface area contributed by atoms with E-state index in [0.717, 1.165) is 38.8 Å². The molecule has 1 saturated heterocycles. The number of halogens is 1. The van der Waals surface area contributed by atoms with Gasteiger partial charge in [-0.15, -0.1) is 0 Å². The molecule has 0 spiro atoms. The number of nitrogens with one attached hydrogen (secondary N) is 2. The lowest BCUT2D eigenvalue weighted by Gasteiger charge is -2.35. The first-order valence-corrected chi connectivity index (χ1v) is 11.5. The number of amides is 1. The second-order valence-corrected chi connectivity index (χ2v) is 9.08. The molecule has 1 saturated carbocycles. The van der Waals surface area contributed by atoms with Gasteiger partial charge in [0.25, 0.3) is 5.91 Å². The fraction of sp³-hybridized carbons (Fsp3) is 0.652. The Hall–Kier alpha value is -2.19. The van der Waals surface area contributed by atoms with Crippen molar-refractivity contribution in [2.24, 2.45) is 5.92 Å². The van der Waals surface area contributed by atoms with Crippen molar-refractivity contribution in [2.45, 2.75) is 63.5 Å². The van der Waals surface area contributed by atoms with Crippen molar-refractivity contribution in [2.75, 3.05) is 26.7 Å². The van der Waals surface area contributed by atoms with Gasteiger partial charge in [-0.3, -0.25) is 9.36 Å². The van der Waals surface area contributed by atoms with Crippen molar-refractivity contribution in [1.82, 2.24) is 19.8 Å². The van der Waals surface area contributed by atoms with E-state index in [0.29, 0.717) is 23.5 Å². The van der Waals surface area contributed by atoms with Gasteiger partial charge in [-0.2, -0.15) is 0 Å². The van der Waals surface area contributed by atoms with Gasteiger partial charge in [0, 0.05) is 38.8 Å². The number of benzene rings is 1. The zero-order chi connectivity index (χ0) is 22.0. The van der Waals surface area contributed by atoms with Crippen molar-refractivity contribution in [1.29, 1.82) is 0 Å². The number of H-pyrrole nitrogens is 1. The van der Waals surface area contributed by atoms with Crippen LogP contribution in [0.3, 0.4) is 0 Å². The molecule has 2 aliphatic rings. The van der Waals surface area contributed by atoms with Crippen molar-refractivity contribution in [3.8, 4) is 0 Å². The molecule has 0 radical (unpaired) electrons. The number of aromatic amines is 1. The van der Waals surface area contributed by atoms with Gasteiger partial charge in [0.1, 0.15) is 5.82 Å². The molecule has 2 heterocycles. The molecule has 1 aliphatic carbocycles. The van der Waals surface area contributed by atoms with Crippen LogP contribution in [0.25, 0.3) is 11.0 Å². The van der Waals surface area contributed by atoms with Crippen LogP contribution in [-0.2, 0) is 0 Å². The largest absolute Gasteiger partial charge is 0.392 e. The Balaban J connectivity index is 1.43. The second kappa shape index (κ2) is 9.53. The Labute approximate surface area is 181 Å². The van der Waals surface area contributed by atoms with E-state index in [4.69, 9.17) is 0 Å². The minimum atomic E-state index is -0.636. The number of aliphatic hydroxyl groups excluding tert-OH is 1. The number of β-amino-alcohol motifs (C(OH)–C–C–N with tert-alkyl or cyclic N) is 1. The molecule has 8 heteroatoms. The molecule has 1 amide bonds. The Kier molecular flexibility index (Phi) is 6.77. The van der Waals surface area contributed by atoms with E-state index in [2.05, 4.69) is 15.2 Å². The molecule has 2 fully saturated rings. The topological polar surface area (TPSA) is 90.4 Å².